The smallest absolute Gasteiger partial charge is 0.410 e. The van der Waals surface area contributed by atoms with Crippen LogP contribution in [0.1, 0.15) is 25.8 Å². The summed E-state index contributed by atoms with van der Waals surface area (Å²) in [6.07, 6.45) is -0.921. The Kier molecular flexibility index (Phi) is 9.57. The van der Waals surface area contributed by atoms with Crippen LogP contribution < -0.4 is 0 Å². The lowest BCUT2D eigenvalue weighted by atomic mass is 9.79. The van der Waals surface area contributed by atoms with Gasteiger partial charge in [-0.3, -0.25) is 14.9 Å². The molecule has 0 unspecified atom stereocenters. The van der Waals surface area contributed by atoms with E-state index >= 15 is 0 Å². The number of aliphatic carboxylic acids is 1. The summed E-state index contributed by atoms with van der Waals surface area (Å²) in [5.74, 6) is -2.51. The molecule has 2 N–H and O–H groups in total. The number of nitro groups is 1. The second-order valence-electron chi connectivity index (χ2n) is 10.9. The van der Waals surface area contributed by atoms with Gasteiger partial charge in [0.2, 0.25) is 5.91 Å². The van der Waals surface area contributed by atoms with Crippen molar-refractivity contribution in [2.24, 2.45) is 11.8 Å². The van der Waals surface area contributed by atoms with Crippen molar-refractivity contribution in [3.05, 3.63) is 50.5 Å². The van der Waals surface area contributed by atoms with Crippen LogP contribution in [0.3, 0.4) is 0 Å². The highest BCUT2D eigenvalue weighted by Crippen LogP contribution is 2.52. The van der Waals surface area contributed by atoms with Crippen molar-refractivity contribution in [2.45, 2.75) is 50.3 Å². The molecule has 3 heterocycles. The molecule has 0 aliphatic carbocycles. The van der Waals surface area contributed by atoms with Crippen molar-refractivity contribution < 1.29 is 39.0 Å². The maximum absolute atomic E-state index is 13.2. The van der Waals surface area contributed by atoms with E-state index in [-0.39, 0.29) is 54.3 Å². The Balaban J connectivity index is 1.46. The predicted octanol–water partition coefficient (Wildman–Crippen LogP) is 2.14. The van der Waals surface area contributed by atoms with Crippen molar-refractivity contribution in [2.75, 3.05) is 40.4 Å². The lowest BCUT2D eigenvalue weighted by Crippen LogP contribution is -2.63. The molecule has 1 aromatic carbocycles. The summed E-state index contributed by atoms with van der Waals surface area (Å²) in [7, 11) is 3.86. The maximum atomic E-state index is 13.2. The second kappa shape index (κ2) is 12.8. The van der Waals surface area contributed by atoms with Gasteiger partial charge in [0.1, 0.15) is 12.3 Å². The number of likely N-dealkylation sites (N-methyl/N-ethyl adjacent to an activating group) is 1. The molecule has 2 saturated heterocycles. The molecule has 41 heavy (non-hydrogen) atoms. The summed E-state index contributed by atoms with van der Waals surface area (Å²) in [5.41, 5.74) is 0.495. The van der Waals surface area contributed by atoms with E-state index in [2.05, 4.69) is 0 Å². The Morgan fingerprint density at radius 2 is 1.95 bits per heavy atom. The van der Waals surface area contributed by atoms with Gasteiger partial charge >= 0.3 is 12.1 Å². The van der Waals surface area contributed by atoms with E-state index in [1.165, 1.54) is 47.9 Å². The molecule has 14 heteroatoms. The van der Waals surface area contributed by atoms with Gasteiger partial charge in [-0.15, -0.1) is 11.8 Å². The van der Waals surface area contributed by atoms with E-state index in [0.717, 1.165) is 0 Å². The van der Waals surface area contributed by atoms with Crippen LogP contribution in [0.15, 0.2) is 34.9 Å². The monoisotopic (exact) mass is 592 g/mol. The van der Waals surface area contributed by atoms with Crippen LogP contribution in [-0.4, -0.2) is 112 Å². The molecular weight excluding hydrogens is 556 g/mol. The zero-order valence-corrected chi connectivity index (χ0v) is 24.3. The quantitative estimate of drug-likeness (QED) is 0.158. The van der Waals surface area contributed by atoms with Gasteiger partial charge in [-0.2, -0.15) is 0 Å². The fraction of sp³-hybridized carbons (Fsp3) is 0.593. The normalized spacial score (nSPS) is 26.3. The lowest BCUT2D eigenvalue weighted by molar-refractivity contribution is -0.384. The van der Waals surface area contributed by atoms with Gasteiger partial charge in [0.05, 0.1) is 42.2 Å². The summed E-state index contributed by atoms with van der Waals surface area (Å²) in [6, 6.07) is 5.03. The molecule has 6 atom stereocenters. The number of thioether (sulfide) groups is 1. The summed E-state index contributed by atoms with van der Waals surface area (Å²) < 4.78 is 11.4. The molecule has 3 aliphatic heterocycles. The van der Waals surface area contributed by atoms with Crippen LogP contribution >= 0.6 is 11.8 Å². The minimum atomic E-state index is -1.19. The summed E-state index contributed by atoms with van der Waals surface area (Å²) in [6.45, 7) is 5.07. The number of non-ortho nitro benzene ring substituents is 1. The largest absolute Gasteiger partial charge is 0.477 e. The van der Waals surface area contributed by atoms with Gasteiger partial charge in [-0.25, -0.2) is 9.59 Å². The zero-order chi connectivity index (χ0) is 30.0. The molecule has 0 bridgehead atoms. The molecule has 1 aromatic rings. The number of carboxylic acid groups (broad SMARTS) is 1. The van der Waals surface area contributed by atoms with Crippen molar-refractivity contribution in [3.63, 3.8) is 0 Å². The Bertz CT molecular complexity index is 1210. The number of aliphatic hydroxyl groups is 1. The standard InChI is InChI=1S/C27H36N4O9S/c1-15-22-21(16(2)32)25(33)30(22)23(26(34)35)24(15)41-20-11-19(14-39-10-9-28(3)4)29(12-20)27(36)40-13-17-5-7-18(8-6-17)31(37)38/h5-8,15-16,19-22,32H,9-14H2,1-4H3,(H,34,35)/t15-,16-,19+,20+,21-,22-/m1/s1. The van der Waals surface area contributed by atoms with E-state index in [4.69, 9.17) is 9.47 Å². The molecule has 13 nitrogen and oxygen atoms in total. The van der Waals surface area contributed by atoms with Crippen LogP contribution in [0, 0.1) is 22.0 Å². The molecule has 0 spiro atoms. The Morgan fingerprint density at radius 3 is 2.54 bits per heavy atom. The average Bonchev–Trinajstić information content (AvgIpc) is 3.42. The van der Waals surface area contributed by atoms with Gasteiger partial charge < -0.3 is 34.4 Å². The van der Waals surface area contributed by atoms with E-state index in [9.17, 15) is 34.7 Å². The summed E-state index contributed by atoms with van der Waals surface area (Å²) >= 11 is 1.36. The van der Waals surface area contributed by atoms with Gasteiger partial charge in [0.25, 0.3) is 5.69 Å². The Hall–Kier alpha value is -3.20. The third-order valence-corrected chi connectivity index (χ3v) is 9.21. The van der Waals surface area contributed by atoms with Crippen molar-refractivity contribution >= 4 is 35.4 Å². The van der Waals surface area contributed by atoms with Gasteiger partial charge in [-0.05, 0) is 45.1 Å². The predicted molar refractivity (Wildman–Crippen MR) is 149 cm³/mol. The third-order valence-electron chi connectivity index (χ3n) is 7.72. The highest BCUT2D eigenvalue weighted by Gasteiger charge is 2.60. The van der Waals surface area contributed by atoms with Crippen molar-refractivity contribution in [3.8, 4) is 0 Å². The van der Waals surface area contributed by atoms with Gasteiger partial charge in [0.15, 0.2) is 0 Å². The van der Waals surface area contributed by atoms with E-state index in [1.54, 1.807) is 4.90 Å². The number of likely N-dealkylation sites (tertiary alicyclic amines) is 1. The summed E-state index contributed by atoms with van der Waals surface area (Å²) in [5, 5.41) is 30.8. The average molecular weight is 593 g/mol. The van der Waals surface area contributed by atoms with E-state index in [1.807, 2.05) is 25.9 Å². The minimum Gasteiger partial charge on any atom is -0.477 e. The summed E-state index contributed by atoms with van der Waals surface area (Å²) in [4.78, 5) is 53.9. The number of amides is 2. The Morgan fingerprint density at radius 1 is 1.27 bits per heavy atom. The number of β-lactam (4-membered cyclic amide) rings is 1. The second-order valence-corrected chi connectivity index (χ2v) is 12.3. The zero-order valence-electron chi connectivity index (χ0n) is 23.5. The molecule has 3 aliphatic rings. The van der Waals surface area contributed by atoms with Crippen LogP contribution in [0.4, 0.5) is 10.5 Å². The highest BCUT2D eigenvalue weighted by molar-refractivity contribution is 8.03. The fourth-order valence-electron chi connectivity index (χ4n) is 5.61. The first-order chi connectivity index (χ1) is 19.4. The number of carbonyl (C=O) groups excluding carboxylic acids is 2. The number of aliphatic hydroxyl groups excluding tert-OH is 1. The number of nitrogens with zero attached hydrogens (tertiary/aromatic N) is 4. The first-order valence-electron chi connectivity index (χ1n) is 13.4. The van der Waals surface area contributed by atoms with Crippen LogP contribution in [0.2, 0.25) is 0 Å². The Labute approximate surface area is 242 Å². The van der Waals surface area contributed by atoms with Crippen LogP contribution in [0.5, 0.6) is 0 Å². The van der Waals surface area contributed by atoms with Gasteiger partial charge in [-0.1, -0.05) is 6.92 Å². The molecule has 2 fully saturated rings. The van der Waals surface area contributed by atoms with Crippen molar-refractivity contribution in [1.29, 1.82) is 0 Å². The molecule has 2 amide bonds. The van der Waals surface area contributed by atoms with Crippen LogP contribution in [0.25, 0.3) is 0 Å². The topological polar surface area (TPSA) is 163 Å². The van der Waals surface area contributed by atoms with E-state index in [0.29, 0.717) is 30.0 Å². The third kappa shape index (κ3) is 6.50. The van der Waals surface area contributed by atoms with Gasteiger partial charge in [0, 0.05) is 41.3 Å². The van der Waals surface area contributed by atoms with Crippen molar-refractivity contribution in [1.82, 2.24) is 14.7 Å². The molecule has 0 aromatic heterocycles. The molecule has 224 valence electrons. The number of hydrogen-bond acceptors (Lipinski definition) is 10. The number of benzene rings is 1. The number of carbonyl (C=O) groups is 3. The van der Waals surface area contributed by atoms with Crippen LogP contribution in [-0.2, 0) is 25.7 Å². The maximum Gasteiger partial charge on any atom is 0.410 e. The minimum absolute atomic E-state index is 0.0487. The highest BCUT2D eigenvalue weighted by atomic mass is 32.2. The number of fused-ring (bicyclic) bond motifs is 1. The van der Waals surface area contributed by atoms with E-state index < -0.39 is 35.0 Å². The fourth-order valence-corrected chi connectivity index (χ4v) is 7.17. The number of ether oxygens (including phenoxy) is 2. The molecule has 0 radical (unpaired) electrons. The number of carboxylic acids is 1. The lowest BCUT2D eigenvalue weighted by Gasteiger charge is -2.46. The number of nitro benzene ring substituents is 1. The molecule has 0 saturated carbocycles. The SMILES string of the molecule is C[C@@H](O)[C@H]1C(=O)N2C(C(=O)O)=C(S[C@H]3C[C@@H](COCCN(C)C)N(C(=O)OCc4ccc([N+](=O)[O-])cc4)C3)[C@H](C)[C@H]12. The first kappa shape index (κ1) is 30.8. The number of hydrogen-bond donors (Lipinski definition) is 2. The first-order valence-corrected chi connectivity index (χ1v) is 14.3. The number of rotatable bonds is 12. The molecule has 4 rings (SSSR count). The molecular formula is C27H36N4O9S.